The largest absolute Gasteiger partial charge is 0.479 e. The summed E-state index contributed by atoms with van der Waals surface area (Å²) >= 11 is 0. The summed E-state index contributed by atoms with van der Waals surface area (Å²) in [5, 5.41) is 11.9. The van der Waals surface area contributed by atoms with Crippen molar-refractivity contribution in [2.75, 3.05) is 19.3 Å². The summed E-state index contributed by atoms with van der Waals surface area (Å²) in [5.41, 5.74) is 6.43. The summed E-state index contributed by atoms with van der Waals surface area (Å²) in [6.07, 6.45) is 0.622. The first-order valence-corrected chi connectivity index (χ1v) is 11.2. The molecule has 0 aliphatic carbocycles. The summed E-state index contributed by atoms with van der Waals surface area (Å²) in [5.74, 6) is -1.75. The highest BCUT2D eigenvalue weighted by atomic mass is 31.2. The lowest BCUT2D eigenvalue weighted by Gasteiger charge is -2.21. The van der Waals surface area contributed by atoms with Crippen LogP contribution in [0.4, 0.5) is 0 Å². The van der Waals surface area contributed by atoms with Crippen molar-refractivity contribution < 1.29 is 28.7 Å². The first-order valence-electron chi connectivity index (χ1n) is 9.47. The standard InChI is InChI=1S/C19H31N2O6P/c1-15(13-21-18(22)11-10-16-7-3-2-4-8-16)14-28(25,26)27-17(19(23)24)9-5-6-12-20/h2-4,7-8,15,17H,5-6,9-14,20H2,1H3,(H,21,22)(H,23,24)(H,25,26)/t15?,17-/m0/s1. The van der Waals surface area contributed by atoms with Gasteiger partial charge < -0.3 is 21.1 Å². The minimum Gasteiger partial charge on any atom is -0.479 e. The van der Waals surface area contributed by atoms with Crippen molar-refractivity contribution >= 4 is 19.5 Å². The first-order chi connectivity index (χ1) is 13.2. The van der Waals surface area contributed by atoms with Gasteiger partial charge in [0.15, 0.2) is 6.10 Å². The Bertz CT molecular complexity index is 655. The number of carbonyl (C=O) groups excluding carboxylic acids is 1. The van der Waals surface area contributed by atoms with Gasteiger partial charge in [0.2, 0.25) is 5.91 Å². The fourth-order valence-electron chi connectivity index (χ4n) is 2.67. The van der Waals surface area contributed by atoms with Crippen molar-refractivity contribution in [2.45, 2.75) is 45.1 Å². The van der Waals surface area contributed by atoms with Crippen molar-refractivity contribution in [1.82, 2.24) is 5.32 Å². The van der Waals surface area contributed by atoms with Gasteiger partial charge in [0.05, 0.1) is 6.16 Å². The van der Waals surface area contributed by atoms with E-state index in [0.717, 1.165) is 5.56 Å². The molecule has 0 aliphatic heterocycles. The number of carbonyl (C=O) groups is 2. The van der Waals surface area contributed by atoms with E-state index in [-0.39, 0.29) is 31.0 Å². The predicted octanol–water partition coefficient (Wildman–Crippen LogP) is 2.16. The lowest BCUT2D eigenvalue weighted by molar-refractivity contribution is -0.145. The molecule has 8 nitrogen and oxygen atoms in total. The molecular formula is C19H31N2O6P. The lowest BCUT2D eigenvalue weighted by atomic mass is 10.1. The Morgan fingerprint density at radius 2 is 1.93 bits per heavy atom. The molecule has 5 N–H and O–H groups in total. The van der Waals surface area contributed by atoms with Gasteiger partial charge in [0.25, 0.3) is 0 Å². The number of hydrogen-bond acceptors (Lipinski definition) is 5. The molecule has 3 atom stereocenters. The molecule has 0 bridgehead atoms. The number of aryl methyl sites for hydroxylation is 1. The monoisotopic (exact) mass is 414 g/mol. The number of carboxylic acid groups (broad SMARTS) is 1. The summed E-state index contributed by atoms with van der Waals surface area (Å²) in [6, 6.07) is 9.63. The van der Waals surface area contributed by atoms with Crippen LogP contribution in [-0.2, 0) is 25.1 Å². The van der Waals surface area contributed by atoms with Gasteiger partial charge in [-0.1, -0.05) is 37.3 Å². The molecule has 1 aromatic carbocycles. The molecule has 9 heteroatoms. The molecule has 1 aromatic rings. The number of amides is 1. The molecule has 2 unspecified atom stereocenters. The summed E-state index contributed by atoms with van der Waals surface area (Å²) in [7, 11) is -4.09. The minimum absolute atomic E-state index is 0.127. The van der Waals surface area contributed by atoms with E-state index >= 15 is 0 Å². The van der Waals surface area contributed by atoms with E-state index in [0.29, 0.717) is 32.2 Å². The molecule has 0 heterocycles. The second-order valence-electron chi connectivity index (χ2n) is 6.93. The molecule has 1 amide bonds. The van der Waals surface area contributed by atoms with Crippen molar-refractivity contribution in [1.29, 1.82) is 0 Å². The van der Waals surface area contributed by atoms with Crippen LogP contribution in [0.2, 0.25) is 0 Å². The Hall–Kier alpha value is -1.73. The van der Waals surface area contributed by atoms with Crippen LogP contribution < -0.4 is 11.1 Å². The molecule has 0 spiro atoms. The number of carboxylic acids is 1. The molecule has 1 rings (SSSR count). The maximum absolute atomic E-state index is 12.3. The second kappa shape index (κ2) is 12.7. The number of unbranched alkanes of at least 4 members (excludes halogenated alkanes) is 1. The van der Waals surface area contributed by atoms with Gasteiger partial charge in [0.1, 0.15) is 0 Å². The normalized spacial score (nSPS) is 15.4. The number of benzene rings is 1. The van der Waals surface area contributed by atoms with E-state index < -0.39 is 19.7 Å². The molecule has 0 saturated carbocycles. The molecule has 0 saturated heterocycles. The number of nitrogens with one attached hydrogen (secondary N) is 1. The topological polar surface area (TPSA) is 139 Å². The van der Waals surface area contributed by atoms with Gasteiger partial charge in [-0.25, -0.2) is 4.79 Å². The third-order valence-corrected chi connectivity index (χ3v) is 5.83. The van der Waals surface area contributed by atoms with Crippen LogP contribution in [-0.4, -0.2) is 47.2 Å². The summed E-state index contributed by atoms with van der Waals surface area (Å²) in [4.78, 5) is 33.2. The highest BCUT2D eigenvalue weighted by Gasteiger charge is 2.30. The highest BCUT2D eigenvalue weighted by Crippen LogP contribution is 2.45. The van der Waals surface area contributed by atoms with Gasteiger partial charge >= 0.3 is 13.6 Å². The van der Waals surface area contributed by atoms with Crippen LogP contribution in [0.1, 0.15) is 38.2 Å². The second-order valence-corrected chi connectivity index (χ2v) is 8.78. The quantitative estimate of drug-likeness (QED) is 0.270. The number of rotatable bonds is 14. The molecular weight excluding hydrogens is 383 g/mol. The maximum Gasteiger partial charge on any atom is 0.333 e. The van der Waals surface area contributed by atoms with Gasteiger partial charge in [0, 0.05) is 13.0 Å². The van der Waals surface area contributed by atoms with Gasteiger partial charge in [-0.15, -0.1) is 0 Å². The molecule has 0 aliphatic rings. The van der Waals surface area contributed by atoms with Crippen molar-refractivity contribution in [3.05, 3.63) is 35.9 Å². The van der Waals surface area contributed by atoms with Gasteiger partial charge in [-0.2, -0.15) is 0 Å². The van der Waals surface area contributed by atoms with Crippen LogP contribution in [0.15, 0.2) is 30.3 Å². The van der Waals surface area contributed by atoms with Crippen LogP contribution in [0, 0.1) is 5.92 Å². The molecule has 0 radical (unpaired) electrons. The van der Waals surface area contributed by atoms with E-state index in [2.05, 4.69) is 5.32 Å². The smallest absolute Gasteiger partial charge is 0.333 e. The van der Waals surface area contributed by atoms with Crippen LogP contribution in [0.25, 0.3) is 0 Å². The lowest BCUT2D eigenvalue weighted by Crippen LogP contribution is -2.30. The van der Waals surface area contributed by atoms with E-state index in [9.17, 15) is 19.0 Å². The van der Waals surface area contributed by atoms with Crippen LogP contribution >= 0.6 is 7.60 Å². The molecule has 0 aromatic heterocycles. The van der Waals surface area contributed by atoms with Gasteiger partial charge in [-0.05, 0) is 43.7 Å². The predicted molar refractivity (Wildman–Crippen MR) is 107 cm³/mol. The number of nitrogens with two attached hydrogens (primary N) is 1. The van der Waals surface area contributed by atoms with Gasteiger partial charge in [-0.3, -0.25) is 13.9 Å². The minimum atomic E-state index is -4.09. The zero-order chi connectivity index (χ0) is 21.0. The molecule has 28 heavy (non-hydrogen) atoms. The first kappa shape index (κ1) is 24.3. The zero-order valence-corrected chi connectivity index (χ0v) is 17.1. The Balaban J connectivity index is 2.38. The average molecular weight is 414 g/mol. The summed E-state index contributed by atoms with van der Waals surface area (Å²) < 4.78 is 17.2. The molecule has 158 valence electrons. The Morgan fingerprint density at radius 3 is 2.54 bits per heavy atom. The SMILES string of the molecule is CC(CNC(=O)CCc1ccccc1)CP(=O)(O)O[C@@H](CCCCN)C(=O)O. The van der Waals surface area contributed by atoms with E-state index in [4.69, 9.17) is 15.4 Å². The van der Waals surface area contributed by atoms with Crippen molar-refractivity contribution in [2.24, 2.45) is 11.7 Å². The summed E-state index contributed by atoms with van der Waals surface area (Å²) in [6.45, 7) is 2.34. The third kappa shape index (κ3) is 10.6. The maximum atomic E-state index is 12.3. The Labute approximate surface area is 166 Å². The van der Waals surface area contributed by atoms with Crippen molar-refractivity contribution in [3.63, 3.8) is 0 Å². The third-order valence-electron chi connectivity index (χ3n) is 4.16. The number of hydrogen-bond donors (Lipinski definition) is 4. The van der Waals surface area contributed by atoms with E-state index in [1.54, 1.807) is 6.92 Å². The fourth-order valence-corrected chi connectivity index (χ4v) is 4.27. The van der Waals surface area contributed by atoms with Crippen LogP contribution in [0.3, 0.4) is 0 Å². The average Bonchev–Trinajstić information content (AvgIpc) is 2.64. The van der Waals surface area contributed by atoms with Crippen molar-refractivity contribution in [3.8, 4) is 0 Å². The Morgan fingerprint density at radius 1 is 1.25 bits per heavy atom. The fraction of sp³-hybridized carbons (Fsp3) is 0.579. The highest BCUT2D eigenvalue weighted by molar-refractivity contribution is 7.52. The van der Waals surface area contributed by atoms with E-state index in [1.165, 1.54) is 0 Å². The van der Waals surface area contributed by atoms with E-state index in [1.807, 2.05) is 30.3 Å². The Kier molecular flexibility index (Phi) is 11.0. The number of aliphatic carboxylic acids is 1. The van der Waals surface area contributed by atoms with Crippen LogP contribution in [0.5, 0.6) is 0 Å². The molecule has 0 fully saturated rings. The zero-order valence-electron chi connectivity index (χ0n) is 16.3.